The predicted molar refractivity (Wildman–Crippen MR) is 133 cm³/mol. The summed E-state index contributed by atoms with van der Waals surface area (Å²) in [6.45, 7) is 3.57. The van der Waals surface area contributed by atoms with E-state index in [1.54, 1.807) is 26.0 Å². The molecule has 0 bridgehead atoms. The van der Waals surface area contributed by atoms with Crippen LogP contribution in [0, 0.1) is 13.8 Å². The maximum Gasteiger partial charge on any atom is 0.267 e. The van der Waals surface area contributed by atoms with Crippen molar-refractivity contribution in [2.75, 3.05) is 31.2 Å². The highest BCUT2D eigenvalue weighted by Crippen LogP contribution is 2.29. The van der Waals surface area contributed by atoms with Crippen molar-refractivity contribution in [3.05, 3.63) is 71.4 Å². The lowest BCUT2D eigenvalue weighted by Crippen LogP contribution is -2.22. The van der Waals surface area contributed by atoms with Gasteiger partial charge in [-0.3, -0.25) is 9.52 Å². The number of ether oxygens (including phenoxy) is 1. The first kappa shape index (κ1) is 26.1. The van der Waals surface area contributed by atoms with Gasteiger partial charge in [0.25, 0.3) is 15.9 Å². The number of aromatic nitrogens is 1. The molecule has 1 heterocycles. The van der Waals surface area contributed by atoms with Crippen LogP contribution in [0.3, 0.4) is 0 Å². The van der Waals surface area contributed by atoms with Crippen molar-refractivity contribution >= 4 is 37.3 Å². The maximum atomic E-state index is 13.2. The van der Waals surface area contributed by atoms with E-state index in [-0.39, 0.29) is 26.9 Å². The fourth-order valence-electron chi connectivity index (χ4n) is 3.20. The first-order valence-corrected chi connectivity index (χ1v) is 13.3. The average molecular weight is 519 g/mol. The Balaban J connectivity index is 1.89. The molecule has 0 spiro atoms. The Morgan fingerprint density at radius 2 is 1.57 bits per heavy atom. The second-order valence-corrected chi connectivity index (χ2v) is 11.7. The van der Waals surface area contributed by atoms with Crippen molar-refractivity contribution in [1.29, 1.82) is 0 Å². The van der Waals surface area contributed by atoms with Crippen LogP contribution in [0.2, 0.25) is 0 Å². The lowest BCUT2D eigenvalue weighted by molar-refractivity contribution is 0.102. The number of rotatable bonds is 8. The number of nitrogens with one attached hydrogen (secondary N) is 2. The minimum absolute atomic E-state index is 0.0381. The number of anilines is 2. The molecular weight excluding hydrogens is 492 g/mol. The molecule has 1 amide bonds. The lowest BCUT2D eigenvalue weighted by Gasteiger charge is -2.15. The summed E-state index contributed by atoms with van der Waals surface area (Å²) in [7, 11) is -3.64. The summed E-state index contributed by atoms with van der Waals surface area (Å²) in [5, 5.41) is 2.58. The Morgan fingerprint density at radius 1 is 0.971 bits per heavy atom. The molecule has 10 nitrogen and oxygen atoms in total. The standard InChI is InChI=1S/C23H26N4O6S2/c1-15-7-6-8-16(2)21(15)26-34(29,30)20-13-18(14-24-23(20)33-5)25-22(28)17-9-11-19(12-10-17)35(31,32)27(3)4/h6-14,26H,1-5H3,(H,25,28). The second-order valence-electron chi connectivity index (χ2n) is 7.87. The monoisotopic (exact) mass is 518 g/mol. The summed E-state index contributed by atoms with van der Waals surface area (Å²) < 4.78 is 59.5. The van der Waals surface area contributed by atoms with Crippen LogP contribution in [-0.2, 0) is 20.0 Å². The molecule has 0 aliphatic rings. The number of carbonyl (C=O) groups excluding carboxylic acids is 1. The topological polar surface area (TPSA) is 135 Å². The minimum Gasteiger partial charge on any atom is -0.480 e. The molecule has 0 fully saturated rings. The lowest BCUT2D eigenvalue weighted by atomic mass is 10.1. The van der Waals surface area contributed by atoms with Crippen molar-refractivity contribution in [3.63, 3.8) is 0 Å². The van der Waals surface area contributed by atoms with Crippen LogP contribution >= 0.6 is 0 Å². The van der Waals surface area contributed by atoms with Crippen LogP contribution < -0.4 is 14.8 Å². The molecule has 0 unspecified atom stereocenters. The number of hydrogen-bond donors (Lipinski definition) is 2. The van der Waals surface area contributed by atoms with Crippen molar-refractivity contribution in [3.8, 4) is 5.88 Å². The van der Waals surface area contributed by atoms with Gasteiger partial charge in [-0.2, -0.15) is 0 Å². The summed E-state index contributed by atoms with van der Waals surface area (Å²) in [5.74, 6) is -0.711. The van der Waals surface area contributed by atoms with E-state index < -0.39 is 26.0 Å². The summed E-state index contributed by atoms with van der Waals surface area (Å²) in [4.78, 5) is 16.5. The van der Waals surface area contributed by atoms with E-state index >= 15 is 0 Å². The molecule has 0 saturated heterocycles. The number of amides is 1. The third-order valence-corrected chi connectivity index (χ3v) is 8.35. The Kier molecular flexibility index (Phi) is 7.48. The highest BCUT2D eigenvalue weighted by atomic mass is 32.2. The average Bonchev–Trinajstić information content (AvgIpc) is 2.81. The third kappa shape index (κ3) is 5.61. The quantitative estimate of drug-likeness (QED) is 0.468. The molecule has 186 valence electrons. The Morgan fingerprint density at radius 3 is 2.11 bits per heavy atom. The Labute approximate surface area is 205 Å². The maximum absolute atomic E-state index is 13.2. The van der Waals surface area contributed by atoms with Gasteiger partial charge in [0.1, 0.15) is 0 Å². The number of benzene rings is 2. The number of aryl methyl sites for hydroxylation is 2. The van der Waals surface area contributed by atoms with Gasteiger partial charge in [0.2, 0.25) is 15.9 Å². The number of nitrogens with zero attached hydrogens (tertiary/aromatic N) is 2. The zero-order valence-electron chi connectivity index (χ0n) is 19.9. The molecular formula is C23H26N4O6S2. The van der Waals surface area contributed by atoms with Crippen molar-refractivity contribution < 1.29 is 26.4 Å². The largest absolute Gasteiger partial charge is 0.480 e. The fraction of sp³-hybridized carbons (Fsp3) is 0.217. The van der Waals surface area contributed by atoms with Crippen molar-refractivity contribution in [2.45, 2.75) is 23.6 Å². The molecule has 1 aromatic heterocycles. The van der Waals surface area contributed by atoms with E-state index in [0.717, 1.165) is 15.4 Å². The molecule has 0 atom stereocenters. The van der Waals surface area contributed by atoms with E-state index in [2.05, 4.69) is 15.0 Å². The van der Waals surface area contributed by atoms with E-state index in [1.165, 1.54) is 57.7 Å². The first-order chi connectivity index (χ1) is 16.4. The van der Waals surface area contributed by atoms with Gasteiger partial charge in [0, 0.05) is 19.7 Å². The summed E-state index contributed by atoms with van der Waals surface area (Å²) in [5.41, 5.74) is 2.21. The molecule has 0 radical (unpaired) electrons. The zero-order chi connectivity index (χ0) is 26.0. The number of pyridine rings is 1. The van der Waals surface area contributed by atoms with Gasteiger partial charge >= 0.3 is 0 Å². The molecule has 3 rings (SSSR count). The van der Waals surface area contributed by atoms with Gasteiger partial charge in [0.05, 0.1) is 29.6 Å². The molecule has 0 aliphatic heterocycles. The molecule has 0 saturated carbocycles. The van der Waals surface area contributed by atoms with E-state index in [9.17, 15) is 21.6 Å². The highest BCUT2D eigenvalue weighted by Gasteiger charge is 2.24. The van der Waals surface area contributed by atoms with Gasteiger partial charge in [-0.1, -0.05) is 18.2 Å². The van der Waals surface area contributed by atoms with Gasteiger partial charge in [-0.25, -0.2) is 26.1 Å². The molecule has 3 aromatic rings. The molecule has 2 N–H and O–H groups in total. The predicted octanol–water partition coefficient (Wildman–Crippen LogP) is 3.01. The highest BCUT2D eigenvalue weighted by molar-refractivity contribution is 7.92. The van der Waals surface area contributed by atoms with Gasteiger partial charge in [-0.15, -0.1) is 0 Å². The molecule has 12 heteroatoms. The number of para-hydroxylation sites is 1. The van der Waals surface area contributed by atoms with E-state index in [4.69, 9.17) is 4.74 Å². The molecule has 0 aliphatic carbocycles. The summed E-state index contributed by atoms with van der Waals surface area (Å²) >= 11 is 0. The van der Waals surface area contributed by atoms with Crippen LogP contribution in [0.15, 0.2) is 64.5 Å². The van der Waals surface area contributed by atoms with Crippen LogP contribution in [0.5, 0.6) is 5.88 Å². The van der Waals surface area contributed by atoms with Crippen LogP contribution in [0.1, 0.15) is 21.5 Å². The van der Waals surface area contributed by atoms with Crippen molar-refractivity contribution in [2.24, 2.45) is 0 Å². The SMILES string of the molecule is COc1ncc(NC(=O)c2ccc(S(=O)(=O)N(C)C)cc2)cc1S(=O)(=O)Nc1c(C)cccc1C. The third-order valence-electron chi connectivity index (χ3n) is 5.17. The first-order valence-electron chi connectivity index (χ1n) is 10.3. The van der Waals surface area contributed by atoms with E-state index in [1.807, 2.05) is 6.07 Å². The smallest absolute Gasteiger partial charge is 0.267 e. The van der Waals surface area contributed by atoms with Crippen molar-refractivity contribution in [1.82, 2.24) is 9.29 Å². The normalized spacial score (nSPS) is 11.8. The summed E-state index contributed by atoms with van der Waals surface area (Å²) in [6.07, 6.45) is 1.26. The number of methoxy groups -OCH3 is 1. The van der Waals surface area contributed by atoms with Crippen LogP contribution in [0.4, 0.5) is 11.4 Å². The fourth-order valence-corrected chi connectivity index (χ4v) is 5.45. The van der Waals surface area contributed by atoms with Gasteiger partial charge < -0.3 is 10.1 Å². The zero-order valence-corrected chi connectivity index (χ0v) is 21.5. The number of carbonyl (C=O) groups is 1. The van der Waals surface area contributed by atoms with E-state index in [0.29, 0.717) is 5.69 Å². The molecule has 35 heavy (non-hydrogen) atoms. The number of hydrogen-bond acceptors (Lipinski definition) is 7. The Hall–Kier alpha value is -3.48. The van der Waals surface area contributed by atoms with Crippen LogP contribution in [-0.4, -0.2) is 53.2 Å². The summed E-state index contributed by atoms with van der Waals surface area (Å²) in [6, 6.07) is 12.0. The van der Waals surface area contributed by atoms with Gasteiger partial charge in [0.15, 0.2) is 4.90 Å². The second kappa shape index (κ2) is 10.0. The Bertz CT molecular complexity index is 1450. The van der Waals surface area contributed by atoms with Gasteiger partial charge in [-0.05, 0) is 55.3 Å². The molecule has 2 aromatic carbocycles. The number of sulfonamides is 2. The minimum atomic E-state index is -4.11. The van der Waals surface area contributed by atoms with Crippen LogP contribution in [0.25, 0.3) is 0 Å².